The summed E-state index contributed by atoms with van der Waals surface area (Å²) >= 11 is 0. The number of unbranched alkanes of at least 4 members (excludes halogenated alkanes) is 1. The fraction of sp³-hybridized carbons (Fsp3) is 0.812. The number of esters is 2. The van der Waals surface area contributed by atoms with Crippen molar-refractivity contribution in [3.05, 3.63) is 0 Å². The molecule has 0 spiro atoms. The number of Topliss-reactive ketones (excluding diaryl/α,β-unsaturated/α-hetero) is 1. The molecule has 0 unspecified atom stereocenters. The number of rotatable bonds is 5. The molecule has 1 fully saturated rings. The number of carbonyl (C=O) groups is 3. The van der Waals surface area contributed by atoms with Crippen molar-refractivity contribution in [3.8, 4) is 0 Å². The summed E-state index contributed by atoms with van der Waals surface area (Å²) in [4.78, 5) is 35.9. The van der Waals surface area contributed by atoms with Crippen LogP contribution in [0.1, 0.15) is 59.8 Å². The van der Waals surface area contributed by atoms with Crippen LogP contribution in [0.4, 0.5) is 0 Å². The highest BCUT2D eigenvalue weighted by Crippen LogP contribution is 2.31. The maximum atomic E-state index is 12.2. The van der Waals surface area contributed by atoms with Gasteiger partial charge in [-0.1, -0.05) is 13.3 Å². The first-order chi connectivity index (χ1) is 9.74. The molecule has 1 rings (SSSR count). The number of carbonyl (C=O) groups excluding carboxylic acids is 3. The molecule has 1 saturated carbocycles. The van der Waals surface area contributed by atoms with E-state index >= 15 is 0 Å². The average molecular weight is 298 g/mol. The van der Waals surface area contributed by atoms with Crippen molar-refractivity contribution < 1.29 is 23.9 Å². The molecular weight excluding hydrogens is 272 g/mol. The quantitative estimate of drug-likeness (QED) is 0.576. The maximum Gasteiger partial charge on any atom is 0.310 e. The summed E-state index contributed by atoms with van der Waals surface area (Å²) in [5.41, 5.74) is -0.602. The van der Waals surface area contributed by atoms with Gasteiger partial charge in [0, 0.05) is 12.8 Å². The van der Waals surface area contributed by atoms with Gasteiger partial charge in [0.2, 0.25) is 0 Å². The third kappa shape index (κ3) is 5.86. The molecule has 0 N–H and O–H groups in total. The molecule has 0 radical (unpaired) electrons. The molecule has 1 aliphatic carbocycles. The highest BCUT2D eigenvalue weighted by molar-refractivity contribution is 5.90. The predicted octanol–water partition coefficient (Wildman–Crippen LogP) is 2.66. The monoisotopic (exact) mass is 298 g/mol. The van der Waals surface area contributed by atoms with Crippen LogP contribution in [0.15, 0.2) is 0 Å². The van der Waals surface area contributed by atoms with Gasteiger partial charge < -0.3 is 9.47 Å². The fourth-order valence-electron chi connectivity index (χ4n) is 2.34. The Kier molecular flexibility index (Phi) is 6.37. The van der Waals surface area contributed by atoms with Crippen LogP contribution >= 0.6 is 0 Å². The first-order valence-electron chi connectivity index (χ1n) is 7.65. The SMILES string of the molecule is CCCCOC(=O)[C@H]1CC(=O)CC[C@@H]1C(=O)OC(C)(C)C. The summed E-state index contributed by atoms with van der Waals surface area (Å²) in [6.45, 7) is 7.69. The summed E-state index contributed by atoms with van der Waals surface area (Å²) in [6.07, 6.45) is 2.47. The number of ether oxygens (including phenoxy) is 2. The Hall–Kier alpha value is -1.39. The van der Waals surface area contributed by atoms with Crippen molar-refractivity contribution in [2.24, 2.45) is 11.8 Å². The van der Waals surface area contributed by atoms with Gasteiger partial charge >= 0.3 is 11.9 Å². The molecule has 0 bridgehead atoms. The minimum Gasteiger partial charge on any atom is -0.465 e. The van der Waals surface area contributed by atoms with E-state index in [0.717, 1.165) is 12.8 Å². The van der Waals surface area contributed by atoms with E-state index in [0.29, 0.717) is 19.4 Å². The van der Waals surface area contributed by atoms with Gasteiger partial charge in [-0.25, -0.2) is 0 Å². The summed E-state index contributed by atoms with van der Waals surface area (Å²) in [6, 6.07) is 0. The van der Waals surface area contributed by atoms with Gasteiger partial charge in [-0.2, -0.15) is 0 Å². The molecule has 0 aliphatic heterocycles. The Morgan fingerprint density at radius 3 is 2.43 bits per heavy atom. The first-order valence-corrected chi connectivity index (χ1v) is 7.65. The molecule has 21 heavy (non-hydrogen) atoms. The molecule has 0 aromatic heterocycles. The second-order valence-electron chi connectivity index (χ2n) is 6.55. The van der Waals surface area contributed by atoms with Gasteiger partial charge in [-0.05, 0) is 33.6 Å². The van der Waals surface area contributed by atoms with Crippen molar-refractivity contribution in [3.63, 3.8) is 0 Å². The topological polar surface area (TPSA) is 69.7 Å². The molecule has 0 heterocycles. The van der Waals surface area contributed by atoms with Crippen LogP contribution < -0.4 is 0 Å². The van der Waals surface area contributed by atoms with E-state index in [9.17, 15) is 14.4 Å². The standard InChI is InChI=1S/C16H26O5/c1-5-6-9-20-14(18)13-10-11(17)7-8-12(13)15(19)21-16(2,3)4/h12-13H,5-10H2,1-4H3/t12-,13-/m0/s1. The van der Waals surface area contributed by atoms with Crippen LogP contribution in [0.5, 0.6) is 0 Å². The van der Waals surface area contributed by atoms with Crippen molar-refractivity contribution >= 4 is 17.7 Å². The number of hydrogen-bond acceptors (Lipinski definition) is 5. The van der Waals surface area contributed by atoms with Crippen molar-refractivity contribution in [2.45, 2.75) is 65.4 Å². The lowest BCUT2D eigenvalue weighted by molar-refractivity contribution is -0.170. The van der Waals surface area contributed by atoms with Gasteiger partial charge in [0.05, 0.1) is 18.4 Å². The minimum absolute atomic E-state index is 0.00671. The molecule has 120 valence electrons. The van der Waals surface area contributed by atoms with E-state index < -0.39 is 29.4 Å². The molecule has 0 aromatic carbocycles. The second-order valence-corrected chi connectivity index (χ2v) is 6.55. The fourth-order valence-corrected chi connectivity index (χ4v) is 2.34. The molecular formula is C16H26O5. The van der Waals surface area contributed by atoms with Crippen LogP contribution in [0.2, 0.25) is 0 Å². The highest BCUT2D eigenvalue weighted by Gasteiger charge is 2.41. The zero-order valence-corrected chi connectivity index (χ0v) is 13.4. The molecule has 0 saturated heterocycles. The lowest BCUT2D eigenvalue weighted by Crippen LogP contribution is -2.40. The Morgan fingerprint density at radius 1 is 1.19 bits per heavy atom. The lowest BCUT2D eigenvalue weighted by Gasteiger charge is -2.30. The van der Waals surface area contributed by atoms with Crippen LogP contribution in [0.25, 0.3) is 0 Å². The molecule has 2 atom stereocenters. The largest absolute Gasteiger partial charge is 0.465 e. The smallest absolute Gasteiger partial charge is 0.310 e. The zero-order valence-electron chi connectivity index (χ0n) is 13.4. The van der Waals surface area contributed by atoms with Crippen molar-refractivity contribution in [2.75, 3.05) is 6.61 Å². The normalized spacial score (nSPS) is 22.8. The summed E-state index contributed by atoms with van der Waals surface area (Å²) < 4.78 is 10.5. The summed E-state index contributed by atoms with van der Waals surface area (Å²) in [5, 5.41) is 0. The average Bonchev–Trinajstić information content (AvgIpc) is 2.36. The molecule has 5 heteroatoms. The van der Waals surface area contributed by atoms with E-state index in [4.69, 9.17) is 9.47 Å². The Morgan fingerprint density at radius 2 is 1.86 bits per heavy atom. The Bertz CT molecular complexity index is 394. The lowest BCUT2D eigenvalue weighted by atomic mass is 9.78. The van der Waals surface area contributed by atoms with Crippen LogP contribution in [-0.4, -0.2) is 29.9 Å². The van der Waals surface area contributed by atoms with Crippen molar-refractivity contribution in [1.82, 2.24) is 0 Å². The third-order valence-corrected chi connectivity index (χ3v) is 3.42. The van der Waals surface area contributed by atoms with Gasteiger partial charge in [-0.15, -0.1) is 0 Å². The maximum absolute atomic E-state index is 12.2. The highest BCUT2D eigenvalue weighted by atomic mass is 16.6. The van der Waals surface area contributed by atoms with Crippen LogP contribution in [0, 0.1) is 11.8 Å². The molecule has 5 nitrogen and oxygen atoms in total. The molecule has 1 aliphatic rings. The van der Waals surface area contributed by atoms with E-state index in [1.807, 2.05) is 6.92 Å². The second kappa shape index (κ2) is 7.57. The Labute approximate surface area is 126 Å². The minimum atomic E-state index is -0.696. The van der Waals surface area contributed by atoms with Gasteiger partial charge in [0.15, 0.2) is 0 Å². The third-order valence-electron chi connectivity index (χ3n) is 3.42. The van der Waals surface area contributed by atoms with Gasteiger partial charge in [-0.3, -0.25) is 14.4 Å². The van der Waals surface area contributed by atoms with Gasteiger partial charge in [0.1, 0.15) is 11.4 Å². The van der Waals surface area contributed by atoms with E-state index in [1.54, 1.807) is 20.8 Å². The van der Waals surface area contributed by atoms with Crippen molar-refractivity contribution in [1.29, 1.82) is 0 Å². The molecule has 0 aromatic rings. The number of hydrogen-bond donors (Lipinski definition) is 0. The van der Waals surface area contributed by atoms with Gasteiger partial charge in [0.25, 0.3) is 0 Å². The summed E-state index contributed by atoms with van der Waals surface area (Å²) in [7, 11) is 0. The first kappa shape index (κ1) is 17.7. The zero-order chi connectivity index (χ0) is 16.0. The molecule has 0 amide bonds. The predicted molar refractivity (Wildman–Crippen MR) is 77.6 cm³/mol. The Balaban J connectivity index is 2.72. The van der Waals surface area contributed by atoms with E-state index in [1.165, 1.54) is 0 Å². The van der Waals surface area contributed by atoms with E-state index in [-0.39, 0.29) is 12.2 Å². The van der Waals surface area contributed by atoms with Crippen LogP contribution in [-0.2, 0) is 23.9 Å². The summed E-state index contributed by atoms with van der Waals surface area (Å²) in [5.74, 6) is -2.12. The van der Waals surface area contributed by atoms with Crippen LogP contribution in [0.3, 0.4) is 0 Å². The van der Waals surface area contributed by atoms with E-state index in [2.05, 4.69) is 0 Å². The number of ketones is 1.